The molecule has 14 heavy (non-hydrogen) atoms. The lowest BCUT2D eigenvalue weighted by Crippen LogP contribution is -2.04. The van der Waals surface area contributed by atoms with Gasteiger partial charge in [-0.05, 0) is 37.0 Å². The molecule has 0 aromatic heterocycles. The maximum atomic E-state index is 12.2. The molecule has 0 N–H and O–H groups in total. The van der Waals surface area contributed by atoms with E-state index in [2.05, 4.69) is 0 Å². The molecule has 0 bridgehead atoms. The summed E-state index contributed by atoms with van der Waals surface area (Å²) in [5.74, 6) is 0. The highest BCUT2D eigenvalue weighted by molar-refractivity contribution is 5.24. The van der Waals surface area contributed by atoms with E-state index < -0.39 is 11.7 Å². The number of hydrogen-bond acceptors (Lipinski definition) is 0. The Labute approximate surface area is 81.8 Å². The van der Waals surface area contributed by atoms with Crippen molar-refractivity contribution in [3.05, 3.63) is 41.8 Å². The highest BCUT2D eigenvalue weighted by Crippen LogP contribution is 2.29. The smallest absolute Gasteiger partial charge is 0.166 e. The zero-order valence-electron chi connectivity index (χ0n) is 7.93. The Morgan fingerprint density at radius 1 is 1.14 bits per heavy atom. The third kappa shape index (κ3) is 3.05. The minimum absolute atomic E-state index is 0.582. The fourth-order valence-electron chi connectivity index (χ4n) is 1.17. The van der Waals surface area contributed by atoms with Gasteiger partial charge >= 0.3 is 6.18 Å². The van der Waals surface area contributed by atoms with Crippen LogP contribution in [0.4, 0.5) is 13.2 Å². The van der Waals surface area contributed by atoms with Gasteiger partial charge in [-0.3, -0.25) is 0 Å². The number of unbranched alkanes of at least 4 members (excludes halogenated alkanes) is 1. The molecule has 0 nitrogen and oxygen atoms in total. The van der Waals surface area contributed by atoms with Gasteiger partial charge in [0.25, 0.3) is 0 Å². The van der Waals surface area contributed by atoms with Crippen LogP contribution in [0.5, 0.6) is 0 Å². The summed E-state index contributed by atoms with van der Waals surface area (Å²) in [5.41, 5.74) is 0.359. The second kappa shape index (κ2) is 4.49. The fourth-order valence-corrected chi connectivity index (χ4v) is 1.17. The summed E-state index contributed by atoms with van der Waals surface area (Å²) in [6.07, 6.45) is -0.535. The van der Waals surface area contributed by atoms with Crippen molar-refractivity contribution in [2.75, 3.05) is 0 Å². The predicted molar refractivity (Wildman–Crippen MR) is 49.7 cm³/mol. The van der Waals surface area contributed by atoms with Gasteiger partial charge in [-0.2, -0.15) is 13.2 Å². The molecule has 0 amide bonds. The van der Waals surface area contributed by atoms with E-state index in [0.29, 0.717) is 0 Å². The normalized spacial score (nSPS) is 11.7. The summed E-state index contributed by atoms with van der Waals surface area (Å²) < 4.78 is 36.5. The molecule has 0 fully saturated rings. The van der Waals surface area contributed by atoms with Crippen LogP contribution >= 0.6 is 0 Å². The van der Waals surface area contributed by atoms with Crippen molar-refractivity contribution < 1.29 is 13.2 Å². The summed E-state index contributed by atoms with van der Waals surface area (Å²) in [6.45, 7) is 1.93. The van der Waals surface area contributed by atoms with Crippen molar-refractivity contribution in [1.82, 2.24) is 0 Å². The second-order valence-electron chi connectivity index (χ2n) is 3.14. The van der Waals surface area contributed by atoms with E-state index in [1.54, 1.807) is 0 Å². The van der Waals surface area contributed by atoms with Gasteiger partial charge in [0.1, 0.15) is 0 Å². The highest BCUT2D eigenvalue weighted by atomic mass is 19.4. The minimum atomic E-state index is -4.23. The van der Waals surface area contributed by atoms with Gasteiger partial charge in [-0.15, -0.1) is 0 Å². The summed E-state index contributed by atoms with van der Waals surface area (Å²) in [5, 5.41) is 0. The quantitative estimate of drug-likeness (QED) is 0.696. The average Bonchev–Trinajstić information content (AvgIpc) is 2.14. The van der Waals surface area contributed by atoms with E-state index in [1.165, 1.54) is 12.1 Å². The van der Waals surface area contributed by atoms with Gasteiger partial charge in [0.15, 0.2) is 0 Å². The maximum Gasteiger partial charge on any atom is 0.416 e. The molecule has 1 radical (unpaired) electrons. The first-order valence-electron chi connectivity index (χ1n) is 4.48. The summed E-state index contributed by atoms with van der Waals surface area (Å²) in [4.78, 5) is 0. The molecule has 0 unspecified atom stereocenters. The van der Waals surface area contributed by atoms with Crippen molar-refractivity contribution in [2.45, 2.75) is 25.9 Å². The van der Waals surface area contributed by atoms with Crippen molar-refractivity contribution >= 4 is 0 Å². The summed E-state index contributed by atoms with van der Waals surface area (Å²) in [7, 11) is 0. The number of halogens is 3. The maximum absolute atomic E-state index is 12.2. The molecule has 0 spiro atoms. The van der Waals surface area contributed by atoms with E-state index in [9.17, 15) is 13.2 Å². The van der Waals surface area contributed by atoms with Crippen LogP contribution in [0.2, 0.25) is 0 Å². The Bertz CT molecular complexity index is 272. The van der Waals surface area contributed by atoms with Gasteiger partial charge in [0.2, 0.25) is 0 Å². The van der Waals surface area contributed by atoms with Crippen LogP contribution in [0, 0.1) is 6.42 Å². The second-order valence-corrected chi connectivity index (χ2v) is 3.14. The molecule has 0 aliphatic rings. The zero-order chi connectivity index (χ0) is 10.6. The highest BCUT2D eigenvalue weighted by Gasteiger charge is 2.29. The molecule has 77 valence electrons. The van der Waals surface area contributed by atoms with Crippen LogP contribution < -0.4 is 0 Å². The SMILES string of the molecule is C[CH]CCc1ccc(C(F)(F)F)cc1. The lowest BCUT2D eigenvalue weighted by molar-refractivity contribution is -0.137. The van der Waals surface area contributed by atoms with E-state index in [4.69, 9.17) is 0 Å². The third-order valence-corrected chi connectivity index (χ3v) is 2.00. The van der Waals surface area contributed by atoms with Crippen LogP contribution in [-0.4, -0.2) is 0 Å². The van der Waals surface area contributed by atoms with Gasteiger partial charge in [-0.25, -0.2) is 0 Å². The van der Waals surface area contributed by atoms with Crippen molar-refractivity contribution in [3.8, 4) is 0 Å². The first kappa shape index (κ1) is 11.1. The Morgan fingerprint density at radius 2 is 1.71 bits per heavy atom. The largest absolute Gasteiger partial charge is 0.416 e. The minimum Gasteiger partial charge on any atom is -0.166 e. The summed E-state index contributed by atoms with van der Waals surface area (Å²) >= 11 is 0. The van der Waals surface area contributed by atoms with Crippen LogP contribution in [0.1, 0.15) is 24.5 Å². The zero-order valence-corrected chi connectivity index (χ0v) is 7.93. The van der Waals surface area contributed by atoms with E-state index in [1.807, 2.05) is 13.3 Å². The molecule has 0 aliphatic heterocycles. The molecule has 1 aromatic carbocycles. The molecular formula is C11H12F3. The lowest BCUT2D eigenvalue weighted by Gasteiger charge is -2.07. The first-order valence-corrected chi connectivity index (χ1v) is 4.48. The number of hydrogen-bond donors (Lipinski definition) is 0. The predicted octanol–water partition coefficient (Wildman–Crippen LogP) is 3.86. The third-order valence-electron chi connectivity index (χ3n) is 2.00. The molecule has 0 aliphatic carbocycles. The standard InChI is InChI=1S/C11H12F3/c1-2-3-4-9-5-7-10(8-6-9)11(12,13)14/h2,5-8H,3-4H2,1H3. The van der Waals surface area contributed by atoms with E-state index in [0.717, 1.165) is 30.5 Å². The van der Waals surface area contributed by atoms with E-state index in [-0.39, 0.29) is 0 Å². The lowest BCUT2D eigenvalue weighted by atomic mass is 10.1. The topological polar surface area (TPSA) is 0 Å². The molecule has 0 atom stereocenters. The molecule has 0 saturated carbocycles. The van der Waals surface area contributed by atoms with Crippen LogP contribution in [0.25, 0.3) is 0 Å². The average molecular weight is 201 g/mol. The fraction of sp³-hybridized carbons (Fsp3) is 0.364. The molecule has 3 heteroatoms. The number of alkyl halides is 3. The van der Waals surface area contributed by atoms with Gasteiger partial charge < -0.3 is 0 Å². The Morgan fingerprint density at radius 3 is 2.14 bits per heavy atom. The van der Waals surface area contributed by atoms with Crippen molar-refractivity contribution in [1.29, 1.82) is 0 Å². The van der Waals surface area contributed by atoms with Gasteiger partial charge in [0.05, 0.1) is 5.56 Å². The molecule has 1 aromatic rings. The van der Waals surface area contributed by atoms with E-state index >= 15 is 0 Å². The number of benzene rings is 1. The number of rotatable bonds is 3. The summed E-state index contributed by atoms with van der Waals surface area (Å²) in [6, 6.07) is 5.33. The van der Waals surface area contributed by atoms with Crippen molar-refractivity contribution in [3.63, 3.8) is 0 Å². The Kier molecular flexibility index (Phi) is 3.55. The molecule has 0 heterocycles. The van der Waals surface area contributed by atoms with Crippen LogP contribution in [0.3, 0.4) is 0 Å². The van der Waals surface area contributed by atoms with Gasteiger partial charge in [0, 0.05) is 0 Å². The Hall–Kier alpha value is -0.990. The van der Waals surface area contributed by atoms with Crippen molar-refractivity contribution in [2.24, 2.45) is 0 Å². The molecule has 1 rings (SSSR count). The Balaban J connectivity index is 2.69. The number of aryl methyl sites for hydroxylation is 1. The molecular weight excluding hydrogens is 189 g/mol. The van der Waals surface area contributed by atoms with Gasteiger partial charge in [-0.1, -0.05) is 19.1 Å². The van der Waals surface area contributed by atoms with Crippen LogP contribution in [-0.2, 0) is 12.6 Å². The van der Waals surface area contributed by atoms with Crippen LogP contribution in [0.15, 0.2) is 24.3 Å². The molecule has 0 saturated heterocycles. The monoisotopic (exact) mass is 201 g/mol. The first-order chi connectivity index (χ1) is 6.54.